The normalized spacial score (nSPS) is 13.6. The average Bonchev–Trinajstić information content (AvgIpc) is 2.93. The standard InChI is InChI=1S/C28H34N4O9/c29-19(15-17-7-3-1-4-8-17)25(37)30-20(11-13-23(33)34)26(38)32-22(16-18-9-5-2-6-10-18)27(39)31-21(28(40)41)12-14-24(35)36/h1-10,19-22H,11-16,29H2,(H,30,37)(H,31,39)(H,32,38)(H,33,34)(H,35,36)(H,40,41). The summed E-state index contributed by atoms with van der Waals surface area (Å²) in [4.78, 5) is 73.0. The second-order valence-electron chi connectivity index (χ2n) is 9.37. The van der Waals surface area contributed by atoms with Crippen molar-refractivity contribution in [2.75, 3.05) is 0 Å². The Hall–Kier alpha value is -4.78. The molecule has 2 aromatic carbocycles. The van der Waals surface area contributed by atoms with Crippen LogP contribution >= 0.6 is 0 Å². The first-order valence-corrected chi connectivity index (χ1v) is 12.9. The molecule has 0 aromatic heterocycles. The van der Waals surface area contributed by atoms with E-state index >= 15 is 0 Å². The first kappa shape index (κ1) is 32.4. The van der Waals surface area contributed by atoms with Crippen LogP contribution in [0.5, 0.6) is 0 Å². The van der Waals surface area contributed by atoms with Crippen LogP contribution in [0.2, 0.25) is 0 Å². The van der Waals surface area contributed by atoms with Crippen LogP contribution in [0.4, 0.5) is 0 Å². The zero-order valence-electron chi connectivity index (χ0n) is 22.2. The lowest BCUT2D eigenvalue weighted by Gasteiger charge is -2.25. The van der Waals surface area contributed by atoms with Gasteiger partial charge in [-0.1, -0.05) is 60.7 Å². The molecule has 2 aromatic rings. The number of carbonyl (C=O) groups is 6. The topological polar surface area (TPSA) is 225 Å². The number of benzene rings is 2. The maximum Gasteiger partial charge on any atom is 0.326 e. The Labute approximate surface area is 236 Å². The number of amides is 3. The molecule has 0 bridgehead atoms. The molecule has 4 atom stereocenters. The molecule has 0 heterocycles. The van der Waals surface area contributed by atoms with Crippen LogP contribution < -0.4 is 21.7 Å². The van der Waals surface area contributed by atoms with E-state index in [1.165, 1.54) is 0 Å². The zero-order valence-corrected chi connectivity index (χ0v) is 22.2. The van der Waals surface area contributed by atoms with E-state index in [0.717, 1.165) is 5.56 Å². The maximum absolute atomic E-state index is 13.3. The number of nitrogens with one attached hydrogen (secondary N) is 3. The van der Waals surface area contributed by atoms with Crippen molar-refractivity contribution in [3.63, 3.8) is 0 Å². The molecule has 13 nitrogen and oxygen atoms in total. The lowest BCUT2D eigenvalue weighted by atomic mass is 10.0. The number of hydrogen-bond acceptors (Lipinski definition) is 7. The van der Waals surface area contributed by atoms with Crippen LogP contribution in [-0.2, 0) is 41.6 Å². The first-order chi connectivity index (χ1) is 19.5. The molecular weight excluding hydrogens is 536 g/mol. The molecule has 0 radical (unpaired) electrons. The van der Waals surface area contributed by atoms with Gasteiger partial charge in [0.1, 0.15) is 18.1 Å². The van der Waals surface area contributed by atoms with E-state index in [9.17, 15) is 33.9 Å². The molecule has 4 unspecified atom stereocenters. The number of nitrogens with two attached hydrogens (primary N) is 1. The highest BCUT2D eigenvalue weighted by Crippen LogP contribution is 2.08. The molecule has 2 rings (SSSR count). The molecule has 3 amide bonds. The average molecular weight is 571 g/mol. The Bertz CT molecular complexity index is 1210. The molecule has 220 valence electrons. The van der Waals surface area contributed by atoms with Gasteiger partial charge in [0.15, 0.2) is 0 Å². The van der Waals surface area contributed by atoms with Crippen LogP contribution in [0.25, 0.3) is 0 Å². The van der Waals surface area contributed by atoms with Crippen molar-refractivity contribution < 1.29 is 44.1 Å². The van der Waals surface area contributed by atoms with Gasteiger partial charge in [-0.05, 0) is 30.4 Å². The highest BCUT2D eigenvalue weighted by Gasteiger charge is 2.31. The number of carboxylic acids is 3. The Kier molecular flexibility index (Phi) is 12.9. The number of aliphatic carboxylic acids is 3. The summed E-state index contributed by atoms with van der Waals surface area (Å²) in [5.74, 6) is -6.40. The SMILES string of the molecule is NC(Cc1ccccc1)C(=O)NC(CCC(=O)O)C(=O)NC(Cc1ccccc1)C(=O)NC(CCC(=O)O)C(=O)O. The van der Waals surface area contributed by atoms with Crippen LogP contribution in [0.15, 0.2) is 60.7 Å². The van der Waals surface area contributed by atoms with E-state index in [4.69, 9.17) is 15.9 Å². The molecule has 0 fully saturated rings. The Morgan fingerprint density at radius 1 is 0.585 bits per heavy atom. The monoisotopic (exact) mass is 570 g/mol. The second-order valence-corrected chi connectivity index (χ2v) is 9.37. The summed E-state index contributed by atoms with van der Waals surface area (Å²) in [6.07, 6.45) is -1.60. The highest BCUT2D eigenvalue weighted by molar-refractivity contribution is 5.94. The van der Waals surface area contributed by atoms with Gasteiger partial charge in [0.05, 0.1) is 6.04 Å². The van der Waals surface area contributed by atoms with Crippen molar-refractivity contribution >= 4 is 35.6 Å². The highest BCUT2D eigenvalue weighted by atomic mass is 16.4. The third-order valence-corrected chi connectivity index (χ3v) is 6.09. The molecule has 41 heavy (non-hydrogen) atoms. The minimum Gasteiger partial charge on any atom is -0.481 e. The minimum atomic E-state index is -1.53. The molecule has 13 heteroatoms. The van der Waals surface area contributed by atoms with Gasteiger partial charge in [0.25, 0.3) is 0 Å². The second kappa shape index (κ2) is 16.4. The summed E-state index contributed by atoms with van der Waals surface area (Å²) < 4.78 is 0. The molecule has 0 aliphatic heterocycles. The smallest absolute Gasteiger partial charge is 0.326 e. The number of rotatable bonds is 17. The summed E-state index contributed by atoms with van der Waals surface area (Å²) in [7, 11) is 0. The zero-order chi connectivity index (χ0) is 30.4. The van der Waals surface area contributed by atoms with E-state index in [1.807, 2.05) is 0 Å². The van der Waals surface area contributed by atoms with Crippen molar-refractivity contribution in [2.45, 2.75) is 62.7 Å². The van der Waals surface area contributed by atoms with E-state index in [1.54, 1.807) is 60.7 Å². The van der Waals surface area contributed by atoms with Gasteiger partial charge in [0, 0.05) is 19.3 Å². The predicted octanol–water partition coefficient (Wildman–Crippen LogP) is 0.0677. The Balaban J connectivity index is 2.22. The van der Waals surface area contributed by atoms with E-state index in [2.05, 4.69) is 16.0 Å². The predicted molar refractivity (Wildman–Crippen MR) is 145 cm³/mol. The van der Waals surface area contributed by atoms with Gasteiger partial charge in [-0.25, -0.2) is 4.79 Å². The third kappa shape index (κ3) is 11.9. The minimum absolute atomic E-state index is 0.0726. The van der Waals surface area contributed by atoms with Gasteiger partial charge >= 0.3 is 17.9 Å². The molecule has 0 spiro atoms. The van der Waals surface area contributed by atoms with Gasteiger partial charge in [-0.3, -0.25) is 24.0 Å². The van der Waals surface area contributed by atoms with Crippen LogP contribution in [0.1, 0.15) is 36.8 Å². The first-order valence-electron chi connectivity index (χ1n) is 12.9. The summed E-state index contributed by atoms with van der Waals surface area (Å²) in [5.41, 5.74) is 7.40. The number of carboxylic acid groups (broad SMARTS) is 3. The molecular formula is C28H34N4O9. The number of hydrogen-bond donors (Lipinski definition) is 7. The van der Waals surface area contributed by atoms with Crippen molar-refractivity contribution in [1.29, 1.82) is 0 Å². The van der Waals surface area contributed by atoms with Crippen molar-refractivity contribution in [1.82, 2.24) is 16.0 Å². The van der Waals surface area contributed by atoms with Crippen molar-refractivity contribution in [2.24, 2.45) is 5.73 Å². The van der Waals surface area contributed by atoms with Gasteiger partial charge in [0.2, 0.25) is 17.7 Å². The summed E-state index contributed by atoms with van der Waals surface area (Å²) in [5, 5.41) is 34.7. The van der Waals surface area contributed by atoms with Crippen molar-refractivity contribution in [3.05, 3.63) is 71.8 Å². The summed E-state index contributed by atoms with van der Waals surface area (Å²) in [6.45, 7) is 0. The molecule has 0 aliphatic rings. The van der Waals surface area contributed by atoms with Gasteiger partial charge < -0.3 is 37.0 Å². The molecule has 8 N–H and O–H groups in total. The van der Waals surface area contributed by atoms with Crippen LogP contribution in [-0.4, -0.2) is 75.1 Å². The summed E-state index contributed by atoms with van der Waals surface area (Å²) in [6, 6.07) is 12.1. The quantitative estimate of drug-likeness (QED) is 0.135. The largest absolute Gasteiger partial charge is 0.481 e. The van der Waals surface area contributed by atoms with Crippen LogP contribution in [0, 0.1) is 0 Å². The maximum atomic E-state index is 13.3. The van der Waals surface area contributed by atoms with E-state index < -0.39 is 72.6 Å². The lowest BCUT2D eigenvalue weighted by molar-refractivity contribution is -0.143. The van der Waals surface area contributed by atoms with Crippen molar-refractivity contribution in [3.8, 4) is 0 Å². The Morgan fingerprint density at radius 2 is 1.00 bits per heavy atom. The van der Waals surface area contributed by atoms with E-state index in [-0.39, 0.29) is 25.7 Å². The Morgan fingerprint density at radius 3 is 1.49 bits per heavy atom. The molecule has 0 saturated carbocycles. The number of carbonyl (C=O) groups excluding carboxylic acids is 3. The fourth-order valence-electron chi connectivity index (χ4n) is 3.91. The summed E-state index contributed by atoms with van der Waals surface area (Å²) >= 11 is 0. The van der Waals surface area contributed by atoms with E-state index in [0.29, 0.717) is 5.56 Å². The third-order valence-electron chi connectivity index (χ3n) is 6.09. The lowest BCUT2D eigenvalue weighted by Crippen LogP contribution is -2.57. The fraction of sp³-hybridized carbons (Fsp3) is 0.357. The fourth-order valence-corrected chi connectivity index (χ4v) is 3.91. The molecule has 0 saturated heterocycles. The van der Waals surface area contributed by atoms with Gasteiger partial charge in [-0.2, -0.15) is 0 Å². The van der Waals surface area contributed by atoms with Crippen LogP contribution in [0.3, 0.4) is 0 Å². The molecule has 0 aliphatic carbocycles. The van der Waals surface area contributed by atoms with Gasteiger partial charge in [-0.15, -0.1) is 0 Å².